The summed E-state index contributed by atoms with van der Waals surface area (Å²) in [5.41, 5.74) is 5.15. The smallest absolute Gasteiger partial charge is 0.314 e. The minimum atomic E-state index is -0.983. The number of carbonyl (C=O) groups is 2. The molecule has 33 heavy (non-hydrogen) atoms. The molecule has 2 aliphatic carbocycles. The first-order valence-electron chi connectivity index (χ1n) is 12.8. The first kappa shape index (κ1) is 28.9. The highest BCUT2D eigenvalue weighted by molar-refractivity contribution is 5.77. The normalized spacial score (nSPS) is 19.6. The molecule has 0 aliphatic heterocycles. The summed E-state index contributed by atoms with van der Waals surface area (Å²) in [5.74, 6) is 0.189. The van der Waals surface area contributed by atoms with E-state index in [4.69, 9.17) is 4.74 Å². The zero-order chi connectivity index (χ0) is 24.3. The monoisotopic (exact) mass is 459 g/mol. The number of rotatable bonds is 11. The molecular formula is C28H45NO4. The Hall–Kier alpha value is -2.14. The third kappa shape index (κ3) is 12.6. The van der Waals surface area contributed by atoms with Crippen LogP contribution in [0.25, 0.3) is 0 Å². The van der Waals surface area contributed by atoms with Gasteiger partial charge in [0.15, 0.2) is 0 Å². The molecule has 5 nitrogen and oxygen atoms in total. The van der Waals surface area contributed by atoms with E-state index in [9.17, 15) is 14.7 Å². The zero-order valence-electron chi connectivity index (χ0n) is 20.7. The standard InChI is InChI=1S/C19H26O4.C8H14.CH5N/c1-2-3-4-5-6-7-11-14-18(20)23-15-17(19(21)22)16-12-9-8-10-13-16;1-2-7-4-5-8(3-1)6-7;1-2/h5-6,8-10,12-13,17H,2-4,7,11,14-15H2,1H3,(H,21,22);7-8H,1-6H2;2H2,1H3/b6-5-;;. The van der Waals surface area contributed by atoms with Crippen LogP contribution in [0.15, 0.2) is 42.5 Å². The van der Waals surface area contributed by atoms with Crippen LogP contribution in [0, 0.1) is 11.8 Å². The number of carbonyl (C=O) groups excluding carboxylic acids is 1. The quantitative estimate of drug-likeness (QED) is 0.225. The van der Waals surface area contributed by atoms with E-state index < -0.39 is 11.9 Å². The van der Waals surface area contributed by atoms with Gasteiger partial charge in [-0.2, -0.15) is 0 Å². The third-order valence-corrected chi connectivity index (χ3v) is 6.43. The molecule has 0 aromatic heterocycles. The van der Waals surface area contributed by atoms with Gasteiger partial charge in [0.25, 0.3) is 0 Å². The Morgan fingerprint density at radius 3 is 2.18 bits per heavy atom. The number of aliphatic carboxylic acids is 1. The molecule has 2 saturated carbocycles. The maximum absolute atomic E-state index is 11.7. The molecule has 5 heteroatoms. The second-order valence-corrected chi connectivity index (χ2v) is 8.97. The molecule has 3 atom stereocenters. The van der Waals surface area contributed by atoms with Crippen LogP contribution in [0.2, 0.25) is 0 Å². The van der Waals surface area contributed by atoms with Gasteiger partial charge in [-0.05, 0) is 50.1 Å². The molecule has 2 fully saturated rings. The van der Waals surface area contributed by atoms with Gasteiger partial charge in [-0.25, -0.2) is 0 Å². The number of ether oxygens (including phenoxy) is 1. The van der Waals surface area contributed by atoms with E-state index in [1.165, 1.54) is 26.3 Å². The maximum atomic E-state index is 11.7. The van der Waals surface area contributed by atoms with Gasteiger partial charge in [-0.1, -0.05) is 94.4 Å². The summed E-state index contributed by atoms with van der Waals surface area (Å²) in [5, 5.41) is 9.26. The first-order valence-corrected chi connectivity index (χ1v) is 12.8. The molecule has 0 heterocycles. The topological polar surface area (TPSA) is 89.6 Å². The lowest BCUT2D eigenvalue weighted by Gasteiger charge is -2.16. The summed E-state index contributed by atoms with van der Waals surface area (Å²) in [6, 6.07) is 8.83. The number of esters is 1. The molecule has 3 N–H and O–H groups in total. The van der Waals surface area contributed by atoms with Crippen molar-refractivity contribution in [2.24, 2.45) is 17.6 Å². The Bertz CT molecular complexity index is 660. The van der Waals surface area contributed by atoms with Crippen LogP contribution in [-0.4, -0.2) is 30.7 Å². The van der Waals surface area contributed by atoms with Crippen LogP contribution >= 0.6 is 0 Å². The van der Waals surface area contributed by atoms with E-state index in [1.54, 1.807) is 56.4 Å². The van der Waals surface area contributed by atoms with Crippen molar-refractivity contribution in [3.8, 4) is 0 Å². The molecular weight excluding hydrogens is 414 g/mol. The molecule has 3 rings (SSSR count). The molecule has 2 aliphatic rings. The van der Waals surface area contributed by atoms with Crippen LogP contribution in [0.5, 0.6) is 0 Å². The van der Waals surface area contributed by atoms with Crippen LogP contribution in [0.3, 0.4) is 0 Å². The number of fused-ring (bicyclic) bond motifs is 2. The van der Waals surface area contributed by atoms with Gasteiger partial charge < -0.3 is 15.6 Å². The molecule has 0 saturated heterocycles. The van der Waals surface area contributed by atoms with Crippen molar-refractivity contribution in [3.63, 3.8) is 0 Å². The van der Waals surface area contributed by atoms with Gasteiger partial charge in [-0.3, -0.25) is 9.59 Å². The Labute approximate surface area is 200 Å². The van der Waals surface area contributed by atoms with Crippen molar-refractivity contribution in [2.45, 2.75) is 89.9 Å². The van der Waals surface area contributed by atoms with Gasteiger partial charge in [0.2, 0.25) is 0 Å². The fourth-order valence-corrected chi connectivity index (χ4v) is 4.56. The number of carboxylic acids is 1. The van der Waals surface area contributed by atoms with E-state index in [0.29, 0.717) is 12.0 Å². The van der Waals surface area contributed by atoms with E-state index in [1.807, 2.05) is 6.07 Å². The predicted molar refractivity (Wildman–Crippen MR) is 135 cm³/mol. The Morgan fingerprint density at radius 2 is 1.64 bits per heavy atom. The van der Waals surface area contributed by atoms with E-state index in [2.05, 4.69) is 24.8 Å². The molecule has 0 spiro atoms. The fourth-order valence-electron chi connectivity index (χ4n) is 4.56. The molecule has 0 radical (unpaired) electrons. The number of unbranched alkanes of at least 4 members (excludes halogenated alkanes) is 3. The van der Waals surface area contributed by atoms with Gasteiger partial charge in [0.05, 0.1) is 0 Å². The largest absolute Gasteiger partial charge is 0.481 e. The SMILES string of the molecule is C1CC2CCC(C1)C2.CCCC/C=C\CCCC(=O)OCC(C(=O)O)c1ccccc1.CN. The lowest BCUT2D eigenvalue weighted by molar-refractivity contribution is -0.148. The number of hydrogen-bond donors (Lipinski definition) is 2. The van der Waals surface area contributed by atoms with Gasteiger partial charge in [0, 0.05) is 6.42 Å². The Morgan fingerprint density at radius 1 is 1.03 bits per heavy atom. The van der Waals surface area contributed by atoms with Crippen molar-refractivity contribution in [1.82, 2.24) is 0 Å². The lowest BCUT2D eigenvalue weighted by atomic mass is 9.89. The van der Waals surface area contributed by atoms with Crippen molar-refractivity contribution in [3.05, 3.63) is 48.0 Å². The fraction of sp³-hybridized carbons (Fsp3) is 0.643. The van der Waals surface area contributed by atoms with Crippen molar-refractivity contribution >= 4 is 11.9 Å². The zero-order valence-corrected chi connectivity index (χ0v) is 20.7. The molecule has 0 amide bonds. The van der Waals surface area contributed by atoms with Gasteiger partial charge in [0.1, 0.15) is 12.5 Å². The second kappa shape index (κ2) is 18.3. The summed E-state index contributed by atoms with van der Waals surface area (Å²) in [6.45, 7) is 2.04. The summed E-state index contributed by atoms with van der Waals surface area (Å²) in [6.07, 6.45) is 18.9. The molecule has 1 aromatic carbocycles. The summed E-state index contributed by atoms with van der Waals surface area (Å²) < 4.78 is 5.12. The van der Waals surface area contributed by atoms with Crippen LogP contribution < -0.4 is 5.73 Å². The Kier molecular flexibility index (Phi) is 16.0. The van der Waals surface area contributed by atoms with E-state index in [-0.39, 0.29) is 12.6 Å². The molecule has 1 aromatic rings. The average molecular weight is 460 g/mol. The van der Waals surface area contributed by atoms with Crippen molar-refractivity contribution in [2.75, 3.05) is 13.7 Å². The van der Waals surface area contributed by atoms with Crippen molar-refractivity contribution < 1.29 is 19.4 Å². The average Bonchev–Trinajstić information content (AvgIpc) is 3.17. The van der Waals surface area contributed by atoms with Gasteiger partial charge >= 0.3 is 11.9 Å². The number of carboxylic acid groups (broad SMARTS) is 1. The molecule has 3 unspecified atom stereocenters. The van der Waals surface area contributed by atoms with Crippen LogP contribution in [-0.2, 0) is 14.3 Å². The summed E-state index contributed by atoms with van der Waals surface area (Å²) in [4.78, 5) is 23.0. The second-order valence-electron chi connectivity index (χ2n) is 8.97. The molecule has 186 valence electrons. The maximum Gasteiger partial charge on any atom is 0.314 e. The third-order valence-electron chi connectivity index (χ3n) is 6.43. The Balaban J connectivity index is 0.000000444. The van der Waals surface area contributed by atoms with Gasteiger partial charge in [-0.15, -0.1) is 0 Å². The number of allylic oxidation sites excluding steroid dienone is 2. The van der Waals surface area contributed by atoms with E-state index in [0.717, 1.165) is 31.1 Å². The van der Waals surface area contributed by atoms with Crippen LogP contribution in [0.4, 0.5) is 0 Å². The minimum Gasteiger partial charge on any atom is -0.481 e. The number of benzene rings is 1. The highest BCUT2D eigenvalue weighted by Crippen LogP contribution is 2.41. The first-order chi connectivity index (χ1) is 16.1. The summed E-state index contributed by atoms with van der Waals surface area (Å²) >= 11 is 0. The van der Waals surface area contributed by atoms with Crippen molar-refractivity contribution in [1.29, 1.82) is 0 Å². The minimum absolute atomic E-state index is 0.121. The highest BCUT2D eigenvalue weighted by Gasteiger charge is 2.27. The highest BCUT2D eigenvalue weighted by atomic mass is 16.5. The molecule has 2 bridgehead atoms. The number of hydrogen-bond acceptors (Lipinski definition) is 4. The summed E-state index contributed by atoms with van der Waals surface area (Å²) in [7, 11) is 1.50. The van der Waals surface area contributed by atoms with E-state index >= 15 is 0 Å². The lowest BCUT2D eigenvalue weighted by Crippen LogP contribution is -2.20. The van der Waals surface area contributed by atoms with Crippen LogP contribution in [0.1, 0.15) is 95.5 Å². The number of nitrogens with two attached hydrogens (primary N) is 1. The predicted octanol–water partition coefficient (Wildman–Crippen LogP) is 6.48.